The van der Waals surface area contributed by atoms with Gasteiger partial charge in [0, 0.05) is 6.42 Å². The second kappa shape index (κ2) is 2.27. The molecule has 3 rings (SSSR count). The molecular formula is C10H16O3. The van der Waals surface area contributed by atoms with Crippen LogP contribution in [0, 0.1) is 5.92 Å². The molecule has 3 aliphatic heterocycles. The maximum atomic E-state index is 5.81. The minimum absolute atomic E-state index is 0.137. The molecule has 0 amide bonds. The number of hydrogen-bond acceptors (Lipinski definition) is 3. The molecule has 3 heteroatoms. The van der Waals surface area contributed by atoms with Gasteiger partial charge in [0.2, 0.25) is 0 Å². The number of rotatable bonds is 0. The predicted octanol–water partition coefficient (Wildman–Crippen LogP) is 1.32. The maximum absolute atomic E-state index is 5.81. The first-order chi connectivity index (χ1) is 6.16. The molecule has 1 spiro atoms. The molecule has 3 heterocycles. The fourth-order valence-electron chi connectivity index (χ4n) is 2.63. The Kier molecular flexibility index (Phi) is 1.43. The van der Waals surface area contributed by atoms with Crippen LogP contribution in [0.15, 0.2) is 0 Å². The molecule has 0 aromatic heterocycles. The Labute approximate surface area is 78.3 Å². The Morgan fingerprint density at radius 3 is 2.69 bits per heavy atom. The smallest absolute Gasteiger partial charge is 0.200 e. The van der Waals surface area contributed by atoms with Gasteiger partial charge in [0.15, 0.2) is 5.79 Å². The van der Waals surface area contributed by atoms with Crippen LogP contribution in [0.1, 0.15) is 26.7 Å². The second-order valence-electron chi connectivity index (χ2n) is 4.72. The van der Waals surface area contributed by atoms with Gasteiger partial charge in [0.1, 0.15) is 11.7 Å². The minimum Gasteiger partial charge on any atom is -0.358 e. The Hall–Kier alpha value is -0.120. The summed E-state index contributed by atoms with van der Waals surface area (Å²) in [6.45, 7) is 5.89. The SMILES string of the molecule is C[C@H]1CCO[C@@]2(C1)OC[C@@H]1O[C@@]12C. The minimum atomic E-state index is -0.407. The quantitative estimate of drug-likeness (QED) is 0.532. The Morgan fingerprint density at radius 2 is 2.15 bits per heavy atom. The van der Waals surface area contributed by atoms with E-state index in [4.69, 9.17) is 14.2 Å². The van der Waals surface area contributed by atoms with Crippen molar-refractivity contribution >= 4 is 0 Å². The lowest BCUT2D eigenvalue weighted by molar-refractivity contribution is -0.283. The molecule has 0 N–H and O–H groups in total. The third-order valence-electron chi connectivity index (χ3n) is 3.73. The van der Waals surface area contributed by atoms with Crippen LogP contribution in [0.4, 0.5) is 0 Å². The number of hydrogen-bond donors (Lipinski definition) is 0. The average molecular weight is 184 g/mol. The highest BCUT2D eigenvalue weighted by atomic mass is 16.8. The summed E-state index contributed by atoms with van der Waals surface area (Å²) in [5.41, 5.74) is -0.137. The van der Waals surface area contributed by atoms with Gasteiger partial charge in [-0.1, -0.05) is 6.92 Å². The molecule has 0 aliphatic carbocycles. The molecule has 3 saturated heterocycles. The Balaban J connectivity index is 1.87. The van der Waals surface area contributed by atoms with Gasteiger partial charge in [0.05, 0.1) is 13.2 Å². The molecule has 0 aromatic carbocycles. The van der Waals surface area contributed by atoms with Crippen LogP contribution >= 0.6 is 0 Å². The van der Waals surface area contributed by atoms with E-state index < -0.39 is 5.79 Å². The fourth-order valence-corrected chi connectivity index (χ4v) is 2.63. The summed E-state index contributed by atoms with van der Waals surface area (Å²) in [6.07, 6.45) is 2.42. The molecule has 0 unspecified atom stereocenters. The van der Waals surface area contributed by atoms with E-state index in [2.05, 4.69) is 13.8 Å². The van der Waals surface area contributed by atoms with Gasteiger partial charge in [0.25, 0.3) is 0 Å². The van der Waals surface area contributed by atoms with E-state index in [0.29, 0.717) is 12.5 Å². The standard InChI is InChI=1S/C10H16O3/c1-7-3-4-11-10(5-7)9(2)8(13-9)6-12-10/h7-8H,3-6H2,1-2H3/t7-,8-,9-,10-/m0/s1. The van der Waals surface area contributed by atoms with Crippen LogP contribution in [-0.4, -0.2) is 30.7 Å². The van der Waals surface area contributed by atoms with Gasteiger partial charge in [-0.3, -0.25) is 0 Å². The fraction of sp³-hybridized carbons (Fsp3) is 1.00. The van der Waals surface area contributed by atoms with Crippen molar-refractivity contribution < 1.29 is 14.2 Å². The van der Waals surface area contributed by atoms with E-state index in [1.807, 2.05) is 0 Å². The number of epoxide rings is 1. The van der Waals surface area contributed by atoms with Crippen LogP contribution in [0.5, 0.6) is 0 Å². The van der Waals surface area contributed by atoms with Crippen molar-refractivity contribution in [3.63, 3.8) is 0 Å². The van der Waals surface area contributed by atoms with Gasteiger partial charge < -0.3 is 14.2 Å². The zero-order valence-corrected chi connectivity index (χ0v) is 8.21. The van der Waals surface area contributed by atoms with Gasteiger partial charge in [-0.15, -0.1) is 0 Å². The van der Waals surface area contributed by atoms with E-state index >= 15 is 0 Å². The zero-order chi connectivity index (χ0) is 9.10. The third-order valence-corrected chi connectivity index (χ3v) is 3.73. The predicted molar refractivity (Wildman–Crippen MR) is 46.3 cm³/mol. The van der Waals surface area contributed by atoms with E-state index in [9.17, 15) is 0 Å². The van der Waals surface area contributed by atoms with Crippen molar-refractivity contribution in [1.29, 1.82) is 0 Å². The molecule has 3 aliphatic rings. The normalized spacial score (nSPS) is 59.5. The van der Waals surface area contributed by atoms with Crippen molar-refractivity contribution in [1.82, 2.24) is 0 Å². The van der Waals surface area contributed by atoms with E-state index in [1.165, 1.54) is 0 Å². The van der Waals surface area contributed by atoms with E-state index in [0.717, 1.165) is 19.4 Å². The van der Waals surface area contributed by atoms with Gasteiger partial charge in [-0.2, -0.15) is 0 Å². The van der Waals surface area contributed by atoms with Crippen LogP contribution in [0.3, 0.4) is 0 Å². The summed E-state index contributed by atoms with van der Waals surface area (Å²) < 4.78 is 17.2. The molecule has 0 saturated carbocycles. The topological polar surface area (TPSA) is 31.0 Å². The number of ether oxygens (including phenoxy) is 3. The van der Waals surface area contributed by atoms with Crippen molar-refractivity contribution in [3.05, 3.63) is 0 Å². The van der Waals surface area contributed by atoms with Crippen molar-refractivity contribution in [2.75, 3.05) is 13.2 Å². The zero-order valence-electron chi connectivity index (χ0n) is 8.21. The first-order valence-corrected chi connectivity index (χ1v) is 5.12. The summed E-state index contributed by atoms with van der Waals surface area (Å²) in [6, 6.07) is 0. The molecule has 4 atom stereocenters. The lowest BCUT2D eigenvalue weighted by Crippen LogP contribution is -2.49. The summed E-state index contributed by atoms with van der Waals surface area (Å²) >= 11 is 0. The molecule has 3 fully saturated rings. The summed E-state index contributed by atoms with van der Waals surface area (Å²) in [7, 11) is 0. The first-order valence-electron chi connectivity index (χ1n) is 5.12. The lowest BCUT2D eigenvalue weighted by atomic mass is 9.87. The lowest BCUT2D eigenvalue weighted by Gasteiger charge is -2.39. The largest absolute Gasteiger partial charge is 0.358 e. The monoisotopic (exact) mass is 184 g/mol. The van der Waals surface area contributed by atoms with E-state index in [1.54, 1.807) is 0 Å². The second-order valence-corrected chi connectivity index (χ2v) is 4.72. The van der Waals surface area contributed by atoms with Crippen molar-refractivity contribution in [2.45, 2.75) is 44.2 Å². The van der Waals surface area contributed by atoms with Crippen LogP contribution in [0.2, 0.25) is 0 Å². The maximum Gasteiger partial charge on any atom is 0.200 e. The highest BCUT2D eigenvalue weighted by Crippen LogP contribution is 2.57. The van der Waals surface area contributed by atoms with Gasteiger partial charge in [-0.05, 0) is 19.3 Å². The molecule has 0 radical (unpaired) electrons. The highest BCUT2D eigenvalue weighted by molar-refractivity contribution is 5.15. The summed E-state index contributed by atoms with van der Waals surface area (Å²) in [5, 5.41) is 0. The Morgan fingerprint density at radius 1 is 1.31 bits per heavy atom. The van der Waals surface area contributed by atoms with Crippen molar-refractivity contribution in [2.24, 2.45) is 5.92 Å². The van der Waals surface area contributed by atoms with E-state index in [-0.39, 0.29) is 11.7 Å². The Bertz CT molecular complexity index is 240. The summed E-state index contributed by atoms with van der Waals surface area (Å²) in [5.74, 6) is 0.281. The molecule has 13 heavy (non-hydrogen) atoms. The molecule has 0 bridgehead atoms. The molecular weight excluding hydrogens is 168 g/mol. The van der Waals surface area contributed by atoms with Crippen LogP contribution < -0.4 is 0 Å². The molecule has 74 valence electrons. The van der Waals surface area contributed by atoms with Crippen molar-refractivity contribution in [3.8, 4) is 0 Å². The number of fused-ring (bicyclic) bond motifs is 2. The average Bonchev–Trinajstić information content (AvgIpc) is 2.69. The summed E-state index contributed by atoms with van der Waals surface area (Å²) in [4.78, 5) is 0. The molecule has 3 nitrogen and oxygen atoms in total. The van der Waals surface area contributed by atoms with Gasteiger partial charge >= 0.3 is 0 Å². The van der Waals surface area contributed by atoms with Crippen LogP contribution in [-0.2, 0) is 14.2 Å². The highest BCUT2D eigenvalue weighted by Gasteiger charge is 2.73. The van der Waals surface area contributed by atoms with Gasteiger partial charge in [-0.25, -0.2) is 0 Å². The first kappa shape index (κ1) is 8.21. The molecule has 0 aromatic rings. The van der Waals surface area contributed by atoms with Crippen LogP contribution in [0.25, 0.3) is 0 Å². The third kappa shape index (κ3) is 0.901.